The van der Waals surface area contributed by atoms with Gasteiger partial charge < -0.3 is 43.0 Å². The highest BCUT2D eigenvalue weighted by Gasteiger charge is 2.27. The highest BCUT2D eigenvalue weighted by molar-refractivity contribution is 5.83. The van der Waals surface area contributed by atoms with Gasteiger partial charge in [-0.15, -0.1) is 10.2 Å². The van der Waals surface area contributed by atoms with Crippen molar-refractivity contribution in [2.75, 3.05) is 91.3 Å². The fraction of sp³-hybridized carbons (Fsp3) is 0.375. The summed E-state index contributed by atoms with van der Waals surface area (Å²) in [7, 11) is 7.93. The molecule has 10 aromatic rings. The molecule has 0 saturated carbocycles. The molecule has 2 saturated heterocycles. The van der Waals surface area contributed by atoms with Crippen LogP contribution in [0.1, 0.15) is 36.1 Å². The predicted molar refractivity (Wildman–Crippen MR) is 330 cm³/mol. The highest BCUT2D eigenvalue weighted by atomic mass is 16.5. The van der Waals surface area contributed by atoms with Crippen molar-refractivity contribution < 1.29 is 33.2 Å². The van der Waals surface area contributed by atoms with E-state index >= 15 is 0 Å². The molecule has 0 radical (unpaired) electrons. The number of benzene rings is 4. The van der Waals surface area contributed by atoms with Crippen molar-refractivity contribution in [1.82, 2.24) is 47.5 Å². The van der Waals surface area contributed by atoms with E-state index in [1.54, 1.807) is 69.1 Å². The Bertz CT molecular complexity index is 4420. The van der Waals surface area contributed by atoms with Crippen molar-refractivity contribution in [3.8, 4) is 34.3 Å². The molecule has 12 rings (SSSR count). The number of rotatable bonds is 21. The molecular weight excluding hydrogens is 1110 g/mol. The molecule has 2 aliphatic rings. The first-order chi connectivity index (χ1) is 42.4. The van der Waals surface area contributed by atoms with E-state index in [0.29, 0.717) is 131 Å². The summed E-state index contributed by atoms with van der Waals surface area (Å²) in [5.41, 5.74) is 5.48. The zero-order chi connectivity index (χ0) is 60.3. The summed E-state index contributed by atoms with van der Waals surface area (Å²) < 4.78 is 49.6. The van der Waals surface area contributed by atoms with Crippen molar-refractivity contribution in [1.29, 1.82) is 0 Å². The number of methoxy groups -OCH3 is 5. The SMILES string of the molecule is COC[C@@H]1CN(c2ccc3c(=O)n(CCc4cc(OC)c(OC)c(-c5cccc6nn(CCc7nc8cc(N9CCCOCC9)ccc8c(=O)n7CCc7ccc(OC)c(OC)c7)c(=O)n56)c4)c(CCn4nc5ccccn5c4=O)nc3c2)C[C@@H](C)O1. The number of aryl methyl sites for hydroxylation is 6. The van der Waals surface area contributed by atoms with Crippen LogP contribution in [0.4, 0.5) is 11.4 Å². The van der Waals surface area contributed by atoms with Crippen LogP contribution in [0.5, 0.6) is 23.0 Å². The van der Waals surface area contributed by atoms with Crippen molar-refractivity contribution in [3.05, 3.63) is 174 Å². The number of hydrogen-bond acceptors (Lipinski definition) is 17. The van der Waals surface area contributed by atoms with Gasteiger partial charge in [0.05, 0.1) is 94.5 Å². The molecule has 0 aliphatic carbocycles. The summed E-state index contributed by atoms with van der Waals surface area (Å²) in [6, 6.07) is 31.8. The van der Waals surface area contributed by atoms with E-state index in [-0.39, 0.29) is 61.5 Å². The van der Waals surface area contributed by atoms with Gasteiger partial charge in [-0.2, -0.15) is 0 Å². The number of nitrogens with zero attached hydrogens (tertiary/aromatic N) is 12. The minimum Gasteiger partial charge on any atom is -0.493 e. The van der Waals surface area contributed by atoms with Gasteiger partial charge in [0.2, 0.25) is 0 Å². The van der Waals surface area contributed by atoms with Gasteiger partial charge in [0.15, 0.2) is 34.3 Å². The molecule has 0 bridgehead atoms. The second-order valence-corrected chi connectivity index (χ2v) is 21.9. The molecule has 2 aliphatic heterocycles. The van der Waals surface area contributed by atoms with Crippen molar-refractivity contribution in [3.63, 3.8) is 0 Å². The van der Waals surface area contributed by atoms with Gasteiger partial charge in [0.25, 0.3) is 11.1 Å². The monoisotopic (exact) mass is 1180 g/mol. The van der Waals surface area contributed by atoms with E-state index in [9.17, 15) is 19.2 Å². The number of aromatic nitrogens is 10. The Hall–Kier alpha value is -9.32. The molecule has 8 heterocycles. The summed E-state index contributed by atoms with van der Waals surface area (Å²) in [6.07, 6.45) is 3.64. The van der Waals surface area contributed by atoms with Crippen molar-refractivity contribution in [2.45, 2.75) is 77.4 Å². The van der Waals surface area contributed by atoms with E-state index in [2.05, 4.69) is 14.9 Å². The third-order valence-corrected chi connectivity index (χ3v) is 16.4. The predicted octanol–water partition coefficient (Wildman–Crippen LogP) is 5.86. The summed E-state index contributed by atoms with van der Waals surface area (Å²) in [5.74, 6) is 2.98. The molecule has 0 spiro atoms. The van der Waals surface area contributed by atoms with Gasteiger partial charge in [0.1, 0.15) is 11.6 Å². The van der Waals surface area contributed by atoms with E-state index in [1.807, 2.05) is 91.9 Å². The maximum absolute atomic E-state index is 14.9. The first-order valence-corrected chi connectivity index (χ1v) is 29.3. The molecule has 23 heteroatoms. The molecule has 0 amide bonds. The van der Waals surface area contributed by atoms with Crippen LogP contribution >= 0.6 is 0 Å². The maximum atomic E-state index is 14.9. The Morgan fingerprint density at radius 2 is 1.23 bits per heavy atom. The number of fused-ring (bicyclic) bond motifs is 4. The molecule has 4 aromatic carbocycles. The van der Waals surface area contributed by atoms with Crippen LogP contribution in [-0.4, -0.2) is 141 Å². The van der Waals surface area contributed by atoms with E-state index < -0.39 is 5.69 Å². The Morgan fingerprint density at radius 1 is 0.575 bits per heavy atom. The van der Waals surface area contributed by atoms with Gasteiger partial charge >= 0.3 is 11.4 Å². The van der Waals surface area contributed by atoms with E-state index in [0.717, 1.165) is 42.0 Å². The average molecular weight is 1180 g/mol. The standard InChI is InChI=1S/C64H70N12O11/c1-41-38-70(39-46(87-41)40-81-2)45-16-18-48-51(37-45)66-56(22-28-74-63(79)73-25-8-7-12-58(73)67-74)72(62(48)78)27-21-43-33-49(60(85-6)55(35-43)84-5)52-11-9-13-59-68-75(64(80)76(52)59)29-23-57-65-50-36-44(69-24-10-31-86-32-30-69)15-17-47(50)61(77)71(57)26-20-42-14-19-53(82-3)54(34-42)83-4/h7-9,11-19,25,33-37,41,46H,10,20-24,26-32,38-40H2,1-6H3/t41-,46+/m1/s1. The molecule has 452 valence electrons. The Labute approximate surface area is 500 Å². The molecule has 2 fully saturated rings. The second kappa shape index (κ2) is 25.3. The van der Waals surface area contributed by atoms with Gasteiger partial charge in [-0.25, -0.2) is 33.3 Å². The zero-order valence-electron chi connectivity index (χ0n) is 49.7. The van der Waals surface area contributed by atoms with Crippen LogP contribution < -0.4 is 51.2 Å². The lowest BCUT2D eigenvalue weighted by atomic mass is 10.0. The van der Waals surface area contributed by atoms with Crippen LogP contribution in [0.2, 0.25) is 0 Å². The topological polar surface area (TPSA) is 219 Å². The lowest BCUT2D eigenvalue weighted by Crippen LogP contribution is -2.48. The summed E-state index contributed by atoms with van der Waals surface area (Å²) >= 11 is 0. The quantitative estimate of drug-likeness (QED) is 0.0822. The number of pyridine rings is 2. The van der Waals surface area contributed by atoms with Crippen LogP contribution in [0, 0.1) is 0 Å². The van der Waals surface area contributed by atoms with E-state index in [1.165, 1.54) is 18.2 Å². The molecule has 87 heavy (non-hydrogen) atoms. The van der Waals surface area contributed by atoms with Gasteiger partial charge in [-0.05, 0) is 122 Å². The maximum Gasteiger partial charge on any atom is 0.350 e. The van der Waals surface area contributed by atoms with Crippen LogP contribution in [-0.2, 0) is 66.1 Å². The van der Waals surface area contributed by atoms with Gasteiger partial charge in [0, 0.05) is 89.0 Å². The lowest BCUT2D eigenvalue weighted by molar-refractivity contribution is -0.0510. The number of morpholine rings is 1. The highest BCUT2D eigenvalue weighted by Crippen LogP contribution is 2.40. The summed E-state index contributed by atoms with van der Waals surface area (Å²) in [6.45, 7) is 7.36. The van der Waals surface area contributed by atoms with E-state index in [4.69, 9.17) is 48.2 Å². The fourth-order valence-corrected chi connectivity index (χ4v) is 12.1. The summed E-state index contributed by atoms with van der Waals surface area (Å²) in [4.78, 5) is 72.7. The van der Waals surface area contributed by atoms with Gasteiger partial charge in [-0.3, -0.25) is 23.1 Å². The second-order valence-electron chi connectivity index (χ2n) is 21.9. The van der Waals surface area contributed by atoms with Crippen LogP contribution in [0.15, 0.2) is 129 Å². The smallest absolute Gasteiger partial charge is 0.350 e. The molecule has 23 nitrogen and oxygen atoms in total. The first kappa shape index (κ1) is 58.1. The molecular formula is C64H70N12O11. The third kappa shape index (κ3) is 11.8. The lowest BCUT2D eigenvalue weighted by Gasteiger charge is -2.38. The Morgan fingerprint density at radius 3 is 1.91 bits per heavy atom. The van der Waals surface area contributed by atoms with Crippen molar-refractivity contribution in [2.24, 2.45) is 0 Å². The molecule has 0 unspecified atom stereocenters. The summed E-state index contributed by atoms with van der Waals surface area (Å²) in [5, 5.41) is 10.3. The minimum absolute atomic E-state index is 0.0409. The minimum atomic E-state index is -0.415. The molecule has 0 N–H and O–H groups in total. The molecule has 2 atom stereocenters. The third-order valence-electron chi connectivity index (χ3n) is 16.4. The van der Waals surface area contributed by atoms with Crippen LogP contribution in [0.25, 0.3) is 44.4 Å². The Balaban J connectivity index is 0.870. The Kier molecular flexibility index (Phi) is 16.9. The number of hydrogen-bond donors (Lipinski definition) is 0. The van der Waals surface area contributed by atoms with Crippen molar-refractivity contribution >= 4 is 44.5 Å². The fourth-order valence-electron chi connectivity index (χ4n) is 12.1. The van der Waals surface area contributed by atoms with Gasteiger partial charge in [-0.1, -0.05) is 18.2 Å². The zero-order valence-corrected chi connectivity index (χ0v) is 49.7. The molecule has 6 aromatic heterocycles. The normalized spacial score (nSPS) is 15.7. The van der Waals surface area contributed by atoms with Crippen LogP contribution in [0.3, 0.4) is 0 Å². The first-order valence-electron chi connectivity index (χ1n) is 29.3. The number of ether oxygens (including phenoxy) is 7. The average Bonchev–Trinajstić information content (AvgIpc) is 1.90. The number of anilines is 2. The largest absolute Gasteiger partial charge is 0.493 e.